The van der Waals surface area contributed by atoms with Crippen LogP contribution in [-0.4, -0.2) is 5.78 Å². The summed E-state index contributed by atoms with van der Waals surface area (Å²) in [5.74, 6) is 0.969. The Morgan fingerprint density at radius 1 is 1.25 bits per heavy atom. The van der Waals surface area contributed by atoms with Crippen LogP contribution in [0.25, 0.3) is 0 Å². The lowest BCUT2D eigenvalue weighted by molar-refractivity contribution is -0.125. The average molecular weight is 164 g/mol. The van der Waals surface area contributed by atoms with Gasteiger partial charge in [-0.2, -0.15) is 0 Å². The maximum atomic E-state index is 11.6. The topological polar surface area (TPSA) is 17.1 Å². The van der Waals surface area contributed by atoms with Crippen molar-refractivity contribution in [3.63, 3.8) is 0 Å². The first kappa shape index (κ1) is 9.24. The van der Waals surface area contributed by atoms with Gasteiger partial charge in [0.1, 0.15) is 5.78 Å². The van der Waals surface area contributed by atoms with Crippen molar-refractivity contribution in [1.82, 2.24) is 0 Å². The van der Waals surface area contributed by atoms with Gasteiger partial charge in [-0.05, 0) is 5.92 Å². The largest absolute Gasteiger partial charge is 0.299 e. The molecule has 0 spiro atoms. The van der Waals surface area contributed by atoms with Gasteiger partial charge in [-0.3, -0.25) is 4.79 Å². The maximum absolute atomic E-state index is 11.6. The van der Waals surface area contributed by atoms with E-state index in [9.17, 15) is 4.79 Å². The number of Topliss-reactive ketones (excluding diaryl/α,β-unsaturated/α-hetero) is 1. The average Bonchev–Trinajstić information content (AvgIpc) is 2.04. The highest BCUT2D eigenvalue weighted by Crippen LogP contribution is 2.22. The highest BCUT2D eigenvalue weighted by atomic mass is 16.1. The predicted octanol–water partition coefficient (Wildman–Crippen LogP) is 2.59. The summed E-state index contributed by atoms with van der Waals surface area (Å²) in [4.78, 5) is 11.6. The number of hydrogen-bond donors (Lipinski definition) is 0. The summed E-state index contributed by atoms with van der Waals surface area (Å²) in [6.45, 7) is 6.01. The van der Waals surface area contributed by atoms with E-state index in [1.54, 1.807) is 0 Å². The SMILES string of the molecule is CC(C)C(=O)[C@H]1C=CC=CC1C. The molecule has 0 aliphatic heterocycles. The zero-order valence-corrected chi connectivity index (χ0v) is 7.95. The minimum Gasteiger partial charge on any atom is -0.299 e. The van der Waals surface area contributed by atoms with Crippen LogP contribution >= 0.6 is 0 Å². The van der Waals surface area contributed by atoms with Crippen molar-refractivity contribution in [2.75, 3.05) is 0 Å². The summed E-state index contributed by atoms with van der Waals surface area (Å²) in [6, 6.07) is 0. The Labute approximate surface area is 74.2 Å². The van der Waals surface area contributed by atoms with Gasteiger partial charge in [-0.1, -0.05) is 45.1 Å². The van der Waals surface area contributed by atoms with Crippen molar-refractivity contribution in [3.8, 4) is 0 Å². The van der Waals surface area contributed by atoms with E-state index in [0.29, 0.717) is 11.7 Å². The second-order valence-corrected chi connectivity index (χ2v) is 3.71. The molecule has 0 bridgehead atoms. The molecule has 0 heterocycles. The molecule has 1 aliphatic rings. The Bertz CT molecular complexity index is 223. The quantitative estimate of drug-likeness (QED) is 0.613. The standard InChI is InChI=1S/C11H16O/c1-8(2)11(12)10-7-5-4-6-9(10)3/h4-10H,1-3H3/t9?,10-/m0/s1. The highest BCUT2D eigenvalue weighted by Gasteiger charge is 2.23. The van der Waals surface area contributed by atoms with Crippen molar-refractivity contribution in [3.05, 3.63) is 24.3 Å². The zero-order chi connectivity index (χ0) is 9.14. The van der Waals surface area contributed by atoms with Gasteiger partial charge < -0.3 is 0 Å². The first-order valence-electron chi connectivity index (χ1n) is 4.51. The van der Waals surface area contributed by atoms with Crippen LogP contribution in [0.1, 0.15) is 20.8 Å². The van der Waals surface area contributed by atoms with Gasteiger partial charge in [0, 0.05) is 11.8 Å². The molecule has 0 saturated heterocycles. The van der Waals surface area contributed by atoms with Crippen molar-refractivity contribution in [1.29, 1.82) is 0 Å². The maximum Gasteiger partial charge on any atom is 0.142 e. The summed E-state index contributed by atoms with van der Waals surface area (Å²) < 4.78 is 0. The van der Waals surface area contributed by atoms with Gasteiger partial charge >= 0.3 is 0 Å². The van der Waals surface area contributed by atoms with Crippen LogP contribution in [0.2, 0.25) is 0 Å². The Balaban J connectivity index is 2.69. The molecule has 0 fully saturated rings. The van der Waals surface area contributed by atoms with Gasteiger partial charge in [0.15, 0.2) is 0 Å². The fourth-order valence-electron chi connectivity index (χ4n) is 1.46. The first-order valence-corrected chi connectivity index (χ1v) is 4.51. The first-order chi connectivity index (χ1) is 5.63. The fourth-order valence-corrected chi connectivity index (χ4v) is 1.46. The molecule has 1 nitrogen and oxygen atoms in total. The van der Waals surface area contributed by atoms with Crippen LogP contribution in [0.3, 0.4) is 0 Å². The molecule has 0 aromatic heterocycles. The van der Waals surface area contributed by atoms with E-state index in [1.165, 1.54) is 0 Å². The van der Waals surface area contributed by atoms with Crippen LogP contribution in [-0.2, 0) is 4.79 Å². The zero-order valence-electron chi connectivity index (χ0n) is 7.95. The lowest BCUT2D eigenvalue weighted by atomic mass is 9.83. The smallest absolute Gasteiger partial charge is 0.142 e. The van der Waals surface area contributed by atoms with Gasteiger partial charge in [-0.25, -0.2) is 0 Å². The molecule has 1 aliphatic carbocycles. The van der Waals surface area contributed by atoms with E-state index >= 15 is 0 Å². The van der Waals surface area contributed by atoms with Gasteiger partial charge in [0.2, 0.25) is 0 Å². The van der Waals surface area contributed by atoms with Crippen LogP contribution < -0.4 is 0 Å². The molecule has 1 rings (SSSR count). The molecule has 0 aromatic carbocycles. The van der Waals surface area contributed by atoms with E-state index in [0.717, 1.165) is 0 Å². The summed E-state index contributed by atoms with van der Waals surface area (Å²) in [7, 11) is 0. The van der Waals surface area contributed by atoms with Gasteiger partial charge in [-0.15, -0.1) is 0 Å². The third-order valence-electron chi connectivity index (χ3n) is 2.31. The molecule has 2 atom stereocenters. The second-order valence-electron chi connectivity index (χ2n) is 3.71. The number of ketones is 1. The summed E-state index contributed by atoms with van der Waals surface area (Å²) in [6.07, 6.45) is 8.07. The number of carbonyl (C=O) groups excluding carboxylic acids is 1. The Kier molecular flexibility index (Phi) is 2.85. The molecule has 1 heteroatoms. The number of carbonyl (C=O) groups is 1. The number of rotatable bonds is 2. The van der Waals surface area contributed by atoms with Crippen molar-refractivity contribution >= 4 is 5.78 Å². The van der Waals surface area contributed by atoms with Crippen molar-refractivity contribution in [2.45, 2.75) is 20.8 Å². The van der Waals surface area contributed by atoms with E-state index in [2.05, 4.69) is 13.0 Å². The molecular formula is C11H16O. The molecule has 0 N–H and O–H groups in total. The van der Waals surface area contributed by atoms with E-state index in [4.69, 9.17) is 0 Å². The highest BCUT2D eigenvalue weighted by molar-refractivity contribution is 5.85. The minimum atomic E-state index is 0.106. The molecule has 0 radical (unpaired) electrons. The Morgan fingerprint density at radius 2 is 1.83 bits per heavy atom. The molecule has 12 heavy (non-hydrogen) atoms. The summed E-state index contributed by atoms with van der Waals surface area (Å²) in [5, 5.41) is 0. The van der Waals surface area contributed by atoms with Gasteiger partial charge in [0.25, 0.3) is 0 Å². The van der Waals surface area contributed by atoms with Crippen molar-refractivity contribution < 1.29 is 4.79 Å². The second kappa shape index (κ2) is 3.70. The summed E-state index contributed by atoms with van der Waals surface area (Å²) in [5.41, 5.74) is 0. The third kappa shape index (κ3) is 1.84. The lowest BCUT2D eigenvalue weighted by Gasteiger charge is -2.20. The monoisotopic (exact) mass is 164 g/mol. The molecule has 0 aromatic rings. The summed E-state index contributed by atoms with van der Waals surface area (Å²) >= 11 is 0. The molecule has 66 valence electrons. The molecule has 0 saturated carbocycles. The van der Waals surface area contributed by atoms with E-state index in [-0.39, 0.29) is 11.8 Å². The normalized spacial score (nSPS) is 28.0. The Hall–Kier alpha value is -0.850. The third-order valence-corrected chi connectivity index (χ3v) is 2.31. The van der Waals surface area contributed by atoms with Crippen LogP contribution in [0, 0.1) is 17.8 Å². The van der Waals surface area contributed by atoms with E-state index < -0.39 is 0 Å². The van der Waals surface area contributed by atoms with Crippen molar-refractivity contribution in [2.24, 2.45) is 17.8 Å². The molecule has 1 unspecified atom stereocenters. The van der Waals surface area contributed by atoms with Gasteiger partial charge in [0.05, 0.1) is 0 Å². The fraction of sp³-hybridized carbons (Fsp3) is 0.545. The van der Waals surface area contributed by atoms with Crippen LogP contribution in [0.5, 0.6) is 0 Å². The molecule has 0 amide bonds. The van der Waals surface area contributed by atoms with Crippen LogP contribution in [0.4, 0.5) is 0 Å². The van der Waals surface area contributed by atoms with Crippen LogP contribution in [0.15, 0.2) is 24.3 Å². The number of allylic oxidation sites excluding steroid dienone is 4. The lowest BCUT2D eigenvalue weighted by Crippen LogP contribution is -2.24. The minimum absolute atomic E-state index is 0.106. The number of hydrogen-bond acceptors (Lipinski definition) is 1. The Morgan fingerprint density at radius 3 is 2.33 bits per heavy atom. The predicted molar refractivity (Wildman–Crippen MR) is 50.8 cm³/mol. The molecular weight excluding hydrogens is 148 g/mol. The van der Waals surface area contributed by atoms with E-state index in [1.807, 2.05) is 32.1 Å².